The van der Waals surface area contributed by atoms with E-state index in [2.05, 4.69) is 4.74 Å². The Morgan fingerprint density at radius 3 is 1.64 bits per heavy atom. The fraction of sp³-hybridized carbons (Fsp3) is 0.500. The maximum Gasteiger partial charge on any atom is 0.341 e. The number of hydrogen-bond acceptors (Lipinski definition) is 1. The molecular weight excluding hydrogens is 390 g/mol. The topological polar surface area (TPSA) is 9.23 Å². The largest absolute Gasteiger partial charge is 0.487 e. The lowest BCUT2D eigenvalue weighted by molar-refractivity contribution is 0.255. The van der Waals surface area contributed by atoms with E-state index in [1.807, 2.05) is 0 Å². The molecule has 0 aromatic heterocycles. The standard InChI is InChI=1S/C12H12Cl3F5OSi/c13-22(14,15)6-4-2-1-3-5-21-12-10(19)8(17)7(16)9(18)11(12)20/h1-6H2. The van der Waals surface area contributed by atoms with Gasteiger partial charge in [-0.2, -0.15) is 8.78 Å². The van der Waals surface area contributed by atoms with E-state index < -0.39 is 40.8 Å². The highest BCUT2D eigenvalue weighted by Crippen LogP contribution is 2.30. The fourth-order valence-electron chi connectivity index (χ4n) is 1.67. The second-order valence-electron chi connectivity index (χ2n) is 4.53. The Balaban J connectivity index is 2.43. The van der Waals surface area contributed by atoms with E-state index in [9.17, 15) is 22.0 Å². The van der Waals surface area contributed by atoms with Crippen molar-refractivity contribution >= 4 is 39.2 Å². The van der Waals surface area contributed by atoms with Crippen LogP contribution in [0.2, 0.25) is 6.04 Å². The van der Waals surface area contributed by atoms with E-state index >= 15 is 0 Å². The number of unbranched alkanes of at least 4 members (excludes halogenated alkanes) is 3. The quantitative estimate of drug-likeness (QED) is 0.130. The van der Waals surface area contributed by atoms with Crippen molar-refractivity contribution in [2.75, 3.05) is 6.61 Å². The van der Waals surface area contributed by atoms with Crippen LogP contribution in [-0.4, -0.2) is 12.6 Å². The summed E-state index contributed by atoms with van der Waals surface area (Å²) in [5, 5.41) is 0. The molecule has 0 saturated carbocycles. The van der Waals surface area contributed by atoms with Crippen molar-refractivity contribution in [1.29, 1.82) is 0 Å². The molecule has 22 heavy (non-hydrogen) atoms. The van der Waals surface area contributed by atoms with Crippen LogP contribution >= 0.6 is 33.2 Å². The molecule has 0 aliphatic heterocycles. The Morgan fingerprint density at radius 1 is 0.682 bits per heavy atom. The molecule has 0 radical (unpaired) electrons. The molecule has 0 N–H and O–H groups in total. The molecule has 0 amide bonds. The molecule has 0 aliphatic rings. The molecule has 1 aromatic carbocycles. The first-order valence-electron chi connectivity index (χ1n) is 6.36. The molecule has 0 bridgehead atoms. The lowest BCUT2D eigenvalue weighted by atomic mass is 10.2. The predicted molar refractivity (Wildman–Crippen MR) is 78.3 cm³/mol. The molecule has 1 aromatic rings. The summed E-state index contributed by atoms with van der Waals surface area (Å²) in [4.78, 5) is 0. The van der Waals surface area contributed by atoms with Gasteiger partial charge in [-0.1, -0.05) is 19.3 Å². The average Bonchev–Trinajstić information content (AvgIpc) is 2.44. The van der Waals surface area contributed by atoms with E-state index in [0.717, 1.165) is 0 Å². The first kappa shape index (κ1) is 19.8. The summed E-state index contributed by atoms with van der Waals surface area (Å²) >= 11 is 17.1. The van der Waals surface area contributed by atoms with Gasteiger partial charge in [0.1, 0.15) is 0 Å². The van der Waals surface area contributed by atoms with Crippen LogP contribution in [0, 0.1) is 29.1 Å². The Labute approximate surface area is 139 Å². The lowest BCUT2D eigenvalue weighted by Gasteiger charge is -2.10. The maximum absolute atomic E-state index is 13.3. The SMILES string of the molecule is Fc1c(F)c(F)c(OCCCCCC[Si](Cl)(Cl)Cl)c(F)c1F. The van der Waals surface area contributed by atoms with Crippen LogP contribution in [0.3, 0.4) is 0 Å². The van der Waals surface area contributed by atoms with Crippen molar-refractivity contribution in [3.05, 3.63) is 29.1 Å². The van der Waals surface area contributed by atoms with Crippen molar-refractivity contribution in [3.63, 3.8) is 0 Å². The zero-order valence-electron chi connectivity index (χ0n) is 11.2. The van der Waals surface area contributed by atoms with Crippen molar-refractivity contribution in [1.82, 2.24) is 0 Å². The van der Waals surface area contributed by atoms with Crippen molar-refractivity contribution in [2.45, 2.75) is 31.7 Å². The Bertz CT molecular complexity index is 495. The fourth-order valence-corrected chi connectivity index (χ4v) is 3.52. The van der Waals surface area contributed by atoms with Crippen molar-refractivity contribution in [2.24, 2.45) is 0 Å². The molecule has 0 fully saturated rings. The molecule has 10 heteroatoms. The van der Waals surface area contributed by atoms with Gasteiger partial charge in [0.05, 0.1) is 6.61 Å². The van der Waals surface area contributed by atoms with Gasteiger partial charge in [0.2, 0.25) is 29.1 Å². The Kier molecular flexibility index (Phi) is 7.71. The van der Waals surface area contributed by atoms with Gasteiger partial charge in [0, 0.05) is 0 Å². The van der Waals surface area contributed by atoms with Crippen LogP contribution in [0.5, 0.6) is 5.75 Å². The summed E-state index contributed by atoms with van der Waals surface area (Å²) in [6, 6.07) is -2.15. The highest BCUT2D eigenvalue weighted by atomic mass is 35.8. The molecule has 0 saturated heterocycles. The second-order valence-corrected chi connectivity index (χ2v) is 13.8. The number of rotatable bonds is 8. The van der Waals surface area contributed by atoms with Crippen molar-refractivity contribution < 1.29 is 26.7 Å². The molecule has 0 unspecified atom stereocenters. The third-order valence-electron chi connectivity index (χ3n) is 2.77. The average molecular weight is 402 g/mol. The van der Waals surface area contributed by atoms with Gasteiger partial charge in [-0.3, -0.25) is 0 Å². The zero-order chi connectivity index (χ0) is 16.9. The second kappa shape index (κ2) is 8.56. The minimum absolute atomic E-state index is 0.177. The third kappa shape index (κ3) is 5.75. The Morgan fingerprint density at radius 2 is 1.14 bits per heavy atom. The number of halogens is 8. The molecule has 1 nitrogen and oxygen atoms in total. The van der Waals surface area contributed by atoms with Crippen LogP contribution in [0.25, 0.3) is 0 Å². The van der Waals surface area contributed by atoms with E-state index in [-0.39, 0.29) is 6.61 Å². The van der Waals surface area contributed by atoms with Crippen LogP contribution in [0.15, 0.2) is 0 Å². The monoisotopic (exact) mass is 400 g/mol. The molecule has 0 atom stereocenters. The molecular formula is C12H12Cl3F5OSi. The number of hydrogen-bond donors (Lipinski definition) is 0. The van der Waals surface area contributed by atoms with Gasteiger partial charge in [-0.15, -0.1) is 33.2 Å². The summed E-state index contributed by atoms with van der Waals surface area (Å²) in [5.41, 5.74) is 0. The van der Waals surface area contributed by atoms with E-state index in [1.165, 1.54) is 0 Å². The smallest absolute Gasteiger partial charge is 0.341 e. The predicted octanol–water partition coefficient (Wildman–Crippen LogP) is 5.98. The minimum atomic E-state index is -2.64. The molecule has 0 heterocycles. The summed E-state index contributed by atoms with van der Waals surface area (Å²) in [5.74, 6) is -11.5. The molecule has 0 spiro atoms. The molecule has 1 rings (SSSR count). The first-order valence-corrected chi connectivity index (χ1v) is 11.6. The molecule has 126 valence electrons. The summed E-state index contributed by atoms with van der Waals surface area (Å²) in [6.45, 7) is -0.177. The van der Waals surface area contributed by atoms with Gasteiger partial charge in [-0.25, -0.2) is 13.2 Å². The van der Waals surface area contributed by atoms with Gasteiger partial charge in [-0.05, 0) is 12.5 Å². The van der Waals surface area contributed by atoms with Gasteiger partial charge in [0.15, 0.2) is 5.75 Å². The number of ether oxygens (including phenoxy) is 1. The third-order valence-corrected chi connectivity index (χ3v) is 5.39. The van der Waals surface area contributed by atoms with E-state index in [1.54, 1.807) is 0 Å². The maximum atomic E-state index is 13.3. The lowest BCUT2D eigenvalue weighted by Crippen LogP contribution is -2.09. The van der Waals surface area contributed by atoms with Crippen molar-refractivity contribution in [3.8, 4) is 5.75 Å². The van der Waals surface area contributed by atoms with E-state index in [4.69, 9.17) is 33.2 Å². The minimum Gasteiger partial charge on any atom is -0.487 e. The van der Waals surface area contributed by atoms with Gasteiger partial charge >= 0.3 is 6.00 Å². The summed E-state index contributed by atoms with van der Waals surface area (Å²) in [7, 11) is 0. The molecule has 0 aliphatic carbocycles. The highest BCUT2D eigenvalue weighted by Gasteiger charge is 2.27. The van der Waals surface area contributed by atoms with E-state index in [0.29, 0.717) is 31.7 Å². The summed E-state index contributed by atoms with van der Waals surface area (Å²) < 4.78 is 69.9. The van der Waals surface area contributed by atoms with Crippen LogP contribution < -0.4 is 4.74 Å². The highest BCUT2D eigenvalue weighted by molar-refractivity contribution is 7.64. The van der Waals surface area contributed by atoms with Crippen LogP contribution in [0.1, 0.15) is 25.7 Å². The summed E-state index contributed by atoms with van der Waals surface area (Å²) in [6.07, 6.45) is 2.39. The first-order chi connectivity index (χ1) is 10.1. The van der Waals surface area contributed by atoms with Gasteiger partial charge < -0.3 is 4.74 Å². The number of benzene rings is 1. The van der Waals surface area contributed by atoms with Crippen LogP contribution in [-0.2, 0) is 0 Å². The normalized spacial score (nSPS) is 11.8. The van der Waals surface area contributed by atoms with Crippen LogP contribution in [0.4, 0.5) is 22.0 Å². The Hall–Kier alpha value is -0.243. The zero-order valence-corrected chi connectivity index (χ0v) is 14.4. The van der Waals surface area contributed by atoms with Gasteiger partial charge in [0.25, 0.3) is 0 Å².